The lowest BCUT2D eigenvalue weighted by Crippen LogP contribution is -2.15. The van der Waals surface area contributed by atoms with E-state index < -0.39 is 17.3 Å². The monoisotopic (exact) mass is 411 g/mol. The molecular formula is C21H25F4N3O. The number of nitrogens with one attached hydrogen (secondary N) is 1. The number of hydrogen-bond donors (Lipinski definition) is 1. The molecule has 158 valence electrons. The van der Waals surface area contributed by atoms with E-state index >= 15 is 0 Å². The molecule has 0 bridgehead atoms. The molecule has 1 aliphatic rings. The molecule has 8 heteroatoms. The topological polar surface area (TPSA) is 47.0 Å². The van der Waals surface area contributed by atoms with Crippen molar-refractivity contribution in [2.24, 2.45) is 0 Å². The van der Waals surface area contributed by atoms with E-state index in [0.29, 0.717) is 38.6 Å². The number of aryl methyl sites for hydroxylation is 1. The Balaban J connectivity index is 1.84. The van der Waals surface area contributed by atoms with Crippen LogP contribution in [0, 0.1) is 5.82 Å². The number of benzene rings is 1. The number of rotatable bonds is 9. The Kier molecular flexibility index (Phi) is 7.05. The molecule has 1 atom stereocenters. The maximum absolute atomic E-state index is 14.5. The molecule has 4 nitrogen and oxygen atoms in total. The van der Waals surface area contributed by atoms with E-state index in [2.05, 4.69) is 15.3 Å². The third-order valence-corrected chi connectivity index (χ3v) is 5.01. The van der Waals surface area contributed by atoms with E-state index in [9.17, 15) is 17.6 Å². The summed E-state index contributed by atoms with van der Waals surface area (Å²) in [6.45, 7) is 0.914. The van der Waals surface area contributed by atoms with Crippen molar-refractivity contribution >= 4 is 5.82 Å². The summed E-state index contributed by atoms with van der Waals surface area (Å²) < 4.78 is 60.0. The highest BCUT2D eigenvalue weighted by Gasteiger charge is 2.29. The van der Waals surface area contributed by atoms with Gasteiger partial charge in [0, 0.05) is 31.2 Å². The highest BCUT2D eigenvalue weighted by molar-refractivity contribution is 5.48. The molecule has 1 saturated heterocycles. The Bertz CT molecular complexity index is 820. The normalized spacial score (nSPS) is 16.9. The maximum Gasteiger partial charge on any atom is 0.273 e. The molecule has 29 heavy (non-hydrogen) atoms. The van der Waals surface area contributed by atoms with Crippen LogP contribution in [0.3, 0.4) is 0 Å². The van der Waals surface area contributed by atoms with Crippen LogP contribution in [-0.2, 0) is 23.6 Å². The number of nitrogens with zero attached hydrogens (tertiary/aromatic N) is 2. The Morgan fingerprint density at radius 1 is 1.24 bits per heavy atom. The van der Waals surface area contributed by atoms with Crippen molar-refractivity contribution < 1.29 is 22.3 Å². The van der Waals surface area contributed by atoms with E-state index in [1.54, 1.807) is 0 Å². The Hall–Kier alpha value is -2.22. The summed E-state index contributed by atoms with van der Waals surface area (Å²) in [7, 11) is 0. The van der Waals surface area contributed by atoms with Gasteiger partial charge in [-0.3, -0.25) is 4.39 Å². The van der Waals surface area contributed by atoms with Crippen molar-refractivity contribution in [3.05, 3.63) is 52.7 Å². The minimum atomic E-state index is -3.26. The molecule has 3 rings (SSSR count). The second-order valence-electron chi connectivity index (χ2n) is 7.25. The van der Waals surface area contributed by atoms with Gasteiger partial charge in [0.25, 0.3) is 5.92 Å². The molecule has 2 heterocycles. The molecule has 0 saturated carbocycles. The van der Waals surface area contributed by atoms with Crippen molar-refractivity contribution in [2.75, 3.05) is 18.6 Å². The lowest BCUT2D eigenvalue weighted by molar-refractivity contribution is 0.0136. The Morgan fingerprint density at radius 3 is 2.76 bits per heavy atom. The number of alkyl halides is 3. The van der Waals surface area contributed by atoms with Crippen LogP contribution >= 0.6 is 0 Å². The molecule has 1 aliphatic heterocycles. The first-order chi connectivity index (χ1) is 13.9. The van der Waals surface area contributed by atoms with Gasteiger partial charge in [-0.2, -0.15) is 0 Å². The SMILES string of the molecule is CC(F)(F)c1cccc(CNc2ncnc(CCCCF)c2C2CCCO2)c1F. The summed E-state index contributed by atoms with van der Waals surface area (Å²) in [5, 5.41) is 3.07. The molecule has 0 aliphatic carbocycles. The Labute approximate surface area is 167 Å². The van der Waals surface area contributed by atoms with E-state index in [1.807, 2.05) is 0 Å². The van der Waals surface area contributed by atoms with E-state index in [-0.39, 0.29) is 24.9 Å². The molecule has 0 amide bonds. The molecule has 1 aromatic carbocycles. The summed E-state index contributed by atoms with van der Waals surface area (Å²) in [5.41, 5.74) is 1.06. The van der Waals surface area contributed by atoms with E-state index in [0.717, 1.165) is 30.2 Å². The predicted molar refractivity (Wildman–Crippen MR) is 102 cm³/mol. The van der Waals surface area contributed by atoms with Crippen molar-refractivity contribution in [3.63, 3.8) is 0 Å². The third-order valence-electron chi connectivity index (χ3n) is 5.01. The highest BCUT2D eigenvalue weighted by Crippen LogP contribution is 2.35. The largest absolute Gasteiger partial charge is 0.373 e. The number of ether oxygens (including phenoxy) is 1. The lowest BCUT2D eigenvalue weighted by Gasteiger charge is -2.19. The standard InChI is InChI=1S/C21H25F4N3O/c1-21(24,25)15-7-4-6-14(19(15)23)12-26-20-18(17-9-5-11-29-17)16(27-13-28-20)8-2-3-10-22/h4,6-7,13,17H,2-3,5,8-12H2,1H3,(H,26,27,28). The molecule has 1 unspecified atom stereocenters. The fourth-order valence-corrected chi connectivity index (χ4v) is 3.54. The fourth-order valence-electron chi connectivity index (χ4n) is 3.54. The number of unbranched alkanes of at least 4 members (excludes halogenated alkanes) is 1. The smallest absolute Gasteiger partial charge is 0.273 e. The second-order valence-corrected chi connectivity index (χ2v) is 7.25. The van der Waals surface area contributed by atoms with Crippen LogP contribution in [0.4, 0.5) is 23.4 Å². The Morgan fingerprint density at radius 2 is 2.07 bits per heavy atom. The van der Waals surface area contributed by atoms with Gasteiger partial charge in [0.05, 0.1) is 24.0 Å². The molecular weight excluding hydrogens is 386 g/mol. The van der Waals surface area contributed by atoms with Gasteiger partial charge < -0.3 is 10.1 Å². The van der Waals surface area contributed by atoms with Crippen LogP contribution in [0.1, 0.15) is 61.1 Å². The average Bonchev–Trinajstić information content (AvgIpc) is 3.21. The molecule has 1 N–H and O–H groups in total. The van der Waals surface area contributed by atoms with Crippen LogP contribution in [0.2, 0.25) is 0 Å². The zero-order valence-corrected chi connectivity index (χ0v) is 16.4. The molecule has 0 spiro atoms. The molecule has 2 aromatic rings. The van der Waals surface area contributed by atoms with Gasteiger partial charge in [-0.05, 0) is 32.1 Å². The molecule has 1 aromatic heterocycles. The van der Waals surface area contributed by atoms with Crippen molar-refractivity contribution in [1.29, 1.82) is 0 Å². The van der Waals surface area contributed by atoms with Crippen LogP contribution < -0.4 is 5.32 Å². The summed E-state index contributed by atoms with van der Waals surface area (Å²) in [6, 6.07) is 3.97. The second kappa shape index (κ2) is 9.52. The minimum absolute atomic E-state index is 0.00356. The summed E-state index contributed by atoms with van der Waals surface area (Å²) in [6.07, 6.45) is 4.61. The van der Waals surface area contributed by atoms with Crippen molar-refractivity contribution in [1.82, 2.24) is 9.97 Å². The summed E-state index contributed by atoms with van der Waals surface area (Å²) >= 11 is 0. The first-order valence-corrected chi connectivity index (χ1v) is 9.82. The number of aromatic nitrogens is 2. The van der Waals surface area contributed by atoms with Crippen LogP contribution in [0.5, 0.6) is 0 Å². The van der Waals surface area contributed by atoms with Gasteiger partial charge in [0.15, 0.2) is 0 Å². The maximum atomic E-state index is 14.5. The van der Waals surface area contributed by atoms with Gasteiger partial charge in [-0.25, -0.2) is 23.1 Å². The van der Waals surface area contributed by atoms with E-state index in [1.165, 1.54) is 18.5 Å². The fraction of sp³-hybridized carbons (Fsp3) is 0.524. The van der Waals surface area contributed by atoms with Gasteiger partial charge >= 0.3 is 0 Å². The lowest BCUT2D eigenvalue weighted by atomic mass is 10.0. The van der Waals surface area contributed by atoms with Crippen LogP contribution in [0.25, 0.3) is 0 Å². The third kappa shape index (κ3) is 5.23. The summed E-state index contributed by atoms with van der Waals surface area (Å²) in [5.74, 6) is -3.69. The number of halogens is 4. The highest BCUT2D eigenvalue weighted by atomic mass is 19.3. The number of hydrogen-bond acceptors (Lipinski definition) is 4. The van der Waals surface area contributed by atoms with E-state index in [4.69, 9.17) is 4.74 Å². The predicted octanol–water partition coefficient (Wildman–Crippen LogP) is 5.48. The van der Waals surface area contributed by atoms with Gasteiger partial charge in [0.1, 0.15) is 18.0 Å². The number of anilines is 1. The first-order valence-electron chi connectivity index (χ1n) is 9.82. The average molecular weight is 411 g/mol. The molecule has 0 radical (unpaired) electrons. The van der Waals surface area contributed by atoms with Crippen LogP contribution in [-0.4, -0.2) is 23.2 Å². The van der Waals surface area contributed by atoms with Gasteiger partial charge in [-0.1, -0.05) is 18.2 Å². The zero-order chi connectivity index (χ0) is 20.9. The summed E-state index contributed by atoms with van der Waals surface area (Å²) in [4.78, 5) is 8.63. The van der Waals surface area contributed by atoms with Gasteiger partial charge in [0.2, 0.25) is 0 Å². The van der Waals surface area contributed by atoms with Crippen molar-refractivity contribution in [3.8, 4) is 0 Å². The quantitative estimate of drug-likeness (QED) is 0.438. The molecule has 1 fully saturated rings. The minimum Gasteiger partial charge on any atom is -0.373 e. The van der Waals surface area contributed by atoms with Gasteiger partial charge in [-0.15, -0.1) is 0 Å². The van der Waals surface area contributed by atoms with Crippen LogP contribution in [0.15, 0.2) is 24.5 Å². The zero-order valence-electron chi connectivity index (χ0n) is 16.4. The van der Waals surface area contributed by atoms with Crippen molar-refractivity contribution in [2.45, 2.75) is 57.6 Å². The first kappa shape index (κ1) is 21.5.